The van der Waals surface area contributed by atoms with Gasteiger partial charge >= 0.3 is 0 Å². The third-order valence-corrected chi connectivity index (χ3v) is 3.13. The summed E-state index contributed by atoms with van der Waals surface area (Å²) >= 11 is 0. The molecule has 0 atom stereocenters. The number of rotatable bonds is 6. The lowest BCUT2D eigenvalue weighted by Gasteiger charge is -2.03. The second-order valence-electron chi connectivity index (χ2n) is 5.03. The molecule has 5 heteroatoms. The van der Waals surface area contributed by atoms with Crippen LogP contribution in [0.2, 0.25) is 0 Å². The van der Waals surface area contributed by atoms with E-state index < -0.39 is 0 Å². The number of H-pyrrole nitrogens is 1. The Balaban J connectivity index is 0.000000541. The third-order valence-electron chi connectivity index (χ3n) is 3.13. The highest BCUT2D eigenvalue weighted by atomic mass is 16.5. The van der Waals surface area contributed by atoms with Gasteiger partial charge in [-0.05, 0) is 38.4 Å². The molecule has 0 saturated heterocycles. The maximum absolute atomic E-state index is 12.1. The molecule has 1 heterocycles. The molecule has 0 bridgehead atoms. The summed E-state index contributed by atoms with van der Waals surface area (Å²) in [5.74, 6) is 0.567. The summed E-state index contributed by atoms with van der Waals surface area (Å²) in [6.45, 7) is 7.39. The molecule has 122 valence electrons. The minimum atomic E-state index is -0.0623. The molecule has 1 aromatic carbocycles. The van der Waals surface area contributed by atoms with E-state index in [0.29, 0.717) is 18.1 Å². The Morgan fingerprint density at radius 2 is 1.82 bits per heavy atom. The fraction of sp³-hybridized carbons (Fsp3) is 0.471. The van der Waals surface area contributed by atoms with Crippen LogP contribution in [0.4, 0.5) is 0 Å². The van der Waals surface area contributed by atoms with Crippen molar-refractivity contribution in [2.45, 2.75) is 40.0 Å². The van der Waals surface area contributed by atoms with Crippen molar-refractivity contribution in [1.82, 2.24) is 9.78 Å². The van der Waals surface area contributed by atoms with Crippen LogP contribution in [0.25, 0.3) is 5.69 Å². The van der Waals surface area contributed by atoms with Crippen molar-refractivity contribution in [3.8, 4) is 11.6 Å². The Bertz CT molecular complexity index is 586. The predicted octanol–water partition coefficient (Wildman–Crippen LogP) is 3.01. The molecule has 2 aromatic rings. The van der Waals surface area contributed by atoms with Crippen LogP contribution in [0.5, 0.6) is 5.88 Å². The number of nitrogens with one attached hydrogen (secondary N) is 1. The molecule has 0 fully saturated rings. The first-order chi connectivity index (χ1) is 10.7. The molecule has 0 aliphatic rings. The minimum Gasteiger partial charge on any atom is -0.478 e. The molecule has 0 unspecified atom stereocenters. The van der Waals surface area contributed by atoms with Crippen molar-refractivity contribution in [2.24, 2.45) is 5.73 Å². The highest BCUT2D eigenvalue weighted by Crippen LogP contribution is 2.13. The third kappa shape index (κ3) is 5.07. The molecular weight excluding hydrogens is 278 g/mol. The maximum atomic E-state index is 12.1. The summed E-state index contributed by atoms with van der Waals surface area (Å²) in [6, 6.07) is 9.48. The van der Waals surface area contributed by atoms with Gasteiger partial charge in [-0.1, -0.05) is 38.5 Å². The SMILES string of the molecule is CCCCOc1[nH]n(-c2ccccc2)c(=O)c1C.CCCN. The summed E-state index contributed by atoms with van der Waals surface area (Å²) < 4.78 is 7.09. The van der Waals surface area contributed by atoms with E-state index in [2.05, 4.69) is 18.9 Å². The Morgan fingerprint density at radius 3 is 2.36 bits per heavy atom. The van der Waals surface area contributed by atoms with Crippen LogP contribution < -0.4 is 16.0 Å². The van der Waals surface area contributed by atoms with Gasteiger partial charge in [-0.2, -0.15) is 0 Å². The molecule has 2 rings (SSSR count). The van der Waals surface area contributed by atoms with Crippen LogP contribution >= 0.6 is 0 Å². The van der Waals surface area contributed by atoms with Crippen LogP contribution in [-0.4, -0.2) is 22.9 Å². The number of aromatic amines is 1. The quantitative estimate of drug-likeness (QED) is 0.806. The van der Waals surface area contributed by atoms with Gasteiger partial charge in [0.2, 0.25) is 5.88 Å². The topological polar surface area (TPSA) is 73.0 Å². The van der Waals surface area contributed by atoms with E-state index in [1.165, 1.54) is 4.68 Å². The molecule has 0 saturated carbocycles. The van der Waals surface area contributed by atoms with Gasteiger partial charge in [-0.3, -0.25) is 9.89 Å². The fourth-order valence-corrected chi connectivity index (χ4v) is 1.72. The molecule has 3 N–H and O–H groups in total. The predicted molar refractivity (Wildman–Crippen MR) is 90.9 cm³/mol. The first kappa shape index (κ1) is 18.0. The van der Waals surface area contributed by atoms with Gasteiger partial charge in [-0.25, -0.2) is 4.68 Å². The number of para-hydroxylation sites is 1. The maximum Gasteiger partial charge on any atom is 0.278 e. The number of nitrogens with two attached hydrogens (primary N) is 1. The average molecular weight is 305 g/mol. The molecule has 0 amide bonds. The number of hydrogen-bond acceptors (Lipinski definition) is 3. The van der Waals surface area contributed by atoms with Gasteiger partial charge in [0.05, 0.1) is 17.9 Å². The largest absolute Gasteiger partial charge is 0.478 e. The van der Waals surface area contributed by atoms with E-state index in [1.807, 2.05) is 30.3 Å². The number of ether oxygens (including phenoxy) is 1. The van der Waals surface area contributed by atoms with Crippen LogP contribution in [0.1, 0.15) is 38.7 Å². The van der Waals surface area contributed by atoms with Gasteiger partial charge in [0, 0.05) is 0 Å². The Morgan fingerprint density at radius 1 is 1.18 bits per heavy atom. The van der Waals surface area contributed by atoms with E-state index in [4.69, 9.17) is 10.5 Å². The lowest BCUT2D eigenvalue weighted by molar-refractivity contribution is 0.294. The zero-order chi connectivity index (χ0) is 16.4. The Labute approximate surface area is 132 Å². The summed E-state index contributed by atoms with van der Waals surface area (Å²) in [5, 5.41) is 3.01. The number of unbranched alkanes of at least 4 members (excludes halogenated alkanes) is 1. The zero-order valence-electron chi connectivity index (χ0n) is 13.8. The van der Waals surface area contributed by atoms with Gasteiger partial charge < -0.3 is 10.5 Å². The molecule has 0 spiro atoms. The molecule has 22 heavy (non-hydrogen) atoms. The molecular formula is C17H27N3O2. The van der Waals surface area contributed by atoms with E-state index in [1.54, 1.807) is 6.92 Å². The normalized spacial score (nSPS) is 10.0. The first-order valence-corrected chi connectivity index (χ1v) is 7.85. The highest BCUT2D eigenvalue weighted by molar-refractivity contribution is 5.34. The Hall–Kier alpha value is -2.01. The minimum absolute atomic E-state index is 0.0623. The van der Waals surface area contributed by atoms with E-state index in [9.17, 15) is 4.79 Å². The van der Waals surface area contributed by atoms with Crippen molar-refractivity contribution >= 4 is 0 Å². The van der Waals surface area contributed by atoms with Crippen molar-refractivity contribution in [2.75, 3.05) is 13.2 Å². The molecule has 0 radical (unpaired) electrons. The van der Waals surface area contributed by atoms with Crippen LogP contribution in [0.15, 0.2) is 35.1 Å². The molecule has 0 aliphatic carbocycles. The van der Waals surface area contributed by atoms with Gasteiger partial charge in [-0.15, -0.1) is 0 Å². The summed E-state index contributed by atoms with van der Waals surface area (Å²) in [7, 11) is 0. The second kappa shape index (κ2) is 9.84. The highest BCUT2D eigenvalue weighted by Gasteiger charge is 2.11. The van der Waals surface area contributed by atoms with Crippen molar-refractivity contribution < 1.29 is 4.74 Å². The summed E-state index contributed by atoms with van der Waals surface area (Å²) in [5.41, 5.74) is 6.40. The number of hydrogen-bond donors (Lipinski definition) is 2. The Kier molecular flexibility index (Phi) is 8.07. The summed E-state index contributed by atoms with van der Waals surface area (Å²) in [4.78, 5) is 12.1. The zero-order valence-corrected chi connectivity index (χ0v) is 13.8. The molecule has 1 aromatic heterocycles. The lowest BCUT2D eigenvalue weighted by atomic mass is 10.3. The van der Waals surface area contributed by atoms with Crippen molar-refractivity contribution in [3.05, 3.63) is 46.2 Å². The van der Waals surface area contributed by atoms with E-state index in [0.717, 1.165) is 31.5 Å². The van der Waals surface area contributed by atoms with Gasteiger partial charge in [0.25, 0.3) is 5.56 Å². The van der Waals surface area contributed by atoms with E-state index in [-0.39, 0.29) is 5.56 Å². The van der Waals surface area contributed by atoms with Gasteiger partial charge in [0.15, 0.2) is 0 Å². The first-order valence-electron chi connectivity index (χ1n) is 7.85. The average Bonchev–Trinajstić information content (AvgIpc) is 2.85. The smallest absolute Gasteiger partial charge is 0.278 e. The number of benzene rings is 1. The van der Waals surface area contributed by atoms with Crippen molar-refractivity contribution in [1.29, 1.82) is 0 Å². The van der Waals surface area contributed by atoms with Crippen LogP contribution in [0.3, 0.4) is 0 Å². The standard InChI is InChI=1S/C14H18N2O2.C3H9N/c1-3-4-10-18-13-11(2)14(17)16(15-13)12-8-6-5-7-9-12;1-2-3-4/h5-9,15H,3-4,10H2,1-2H3;2-4H2,1H3. The van der Waals surface area contributed by atoms with Crippen LogP contribution in [-0.2, 0) is 0 Å². The van der Waals surface area contributed by atoms with E-state index >= 15 is 0 Å². The number of nitrogens with zero attached hydrogens (tertiary/aromatic N) is 1. The fourth-order valence-electron chi connectivity index (χ4n) is 1.72. The van der Waals surface area contributed by atoms with Crippen molar-refractivity contribution in [3.63, 3.8) is 0 Å². The monoisotopic (exact) mass is 305 g/mol. The van der Waals surface area contributed by atoms with Gasteiger partial charge in [0.1, 0.15) is 0 Å². The lowest BCUT2D eigenvalue weighted by Crippen LogP contribution is -2.15. The number of aromatic nitrogens is 2. The second-order valence-corrected chi connectivity index (χ2v) is 5.03. The van der Waals surface area contributed by atoms with Crippen LogP contribution in [0, 0.1) is 6.92 Å². The summed E-state index contributed by atoms with van der Waals surface area (Å²) in [6.07, 6.45) is 3.15. The molecule has 0 aliphatic heterocycles. The molecule has 5 nitrogen and oxygen atoms in total.